The molecule has 0 spiro atoms. The molecule has 0 amide bonds. The van der Waals surface area contributed by atoms with E-state index in [2.05, 4.69) is 4.74 Å². The molecule has 11 nitrogen and oxygen atoms in total. The Balaban J connectivity index is 2.26. The van der Waals surface area contributed by atoms with Gasteiger partial charge >= 0.3 is 11.9 Å². The van der Waals surface area contributed by atoms with Crippen LogP contribution in [0.4, 0.5) is 0 Å². The average molecular weight is 404 g/mol. The van der Waals surface area contributed by atoms with Gasteiger partial charge in [0.1, 0.15) is 24.4 Å². The van der Waals surface area contributed by atoms with E-state index in [4.69, 9.17) is 14.2 Å². The minimum Gasteiger partial charge on any atom is -0.481 e. The molecule has 2 heterocycles. The number of carboxylic acid groups (broad SMARTS) is 1. The SMILES string of the molecule is C/C=C1/[C@H](O[C@@H]2O[C@H](CO)[C@@H](O)[C@H](O)[C@H]2O)OC=C(C(=O)OC)[C@@H]1CC(=O)O. The Morgan fingerprint density at radius 2 is 1.89 bits per heavy atom. The fourth-order valence-corrected chi connectivity index (χ4v) is 3.10. The number of hydrogen-bond donors (Lipinski definition) is 5. The van der Waals surface area contributed by atoms with Crippen LogP contribution in [0.15, 0.2) is 23.5 Å². The molecule has 0 aromatic carbocycles. The van der Waals surface area contributed by atoms with Crippen molar-refractivity contribution in [3.63, 3.8) is 0 Å². The topological polar surface area (TPSA) is 172 Å². The number of aliphatic carboxylic acids is 1. The minimum absolute atomic E-state index is 0.0216. The largest absolute Gasteiger partial charge is 0.481 e. The monoisotopic (exact) mass is 404 g/mol. The number of aliphatic hydroxyl groups excluding tert-OH is 4. The molecule has 2 aliphatic rings. The van der Waals surface area contributed by atoms with Crippen LogP contribution in [0, 0.1) is 5.92 Å². The van der Waals surface area contributed by atoms with Crippen LogP contribution < -0.4 is 0 Å². The third-order valence-electron chi connectivity index (χ3n) is 4.61. The van der Waals surface area contributed by atoms with Crippen molar-refractivity contribution in [1.29, 1.82) is 0 Å². The van der Waals surface area contributed by atoms with Crippen LogP contribution in [-0.4, -0.2) is 88.2 Å². The van der Waals surface area contributed by atoms with E-state index in [1.54, 1.807) is 6.92 Å². The van der Waals surface area contributed by atoms with Crippen LogP contribution in [0.25, 0.3) is 0 Å². The first-order valence-corrected chi connectivity index (χ1v) is 8.52. The zero-order valence-electron chi connectivity index (χ0n) is 15.3. The van der Waals surface area contributed by atoms with E-state index in [1.807, 2.05) is 0 Å². The summed E-state index contributed by atoms with van der Waals surface area (Å²) in [6.45, 7) is 0.943. The van der Waals surface area contributed by atoms with Gasteiger partial charge in [0.05, 0.1) is 32.0 Å². The quantitative estimate of drug-likeness (QED) is 0.251. The fourth-order valence-electron chi connectivity index (χ4n) is 3.10. The van der Waals surface area contributed by atoms with Gasteiger partial charge in [-0.25, -0.2) is 4.79 Å². The summed E-state index contributed by atoms with van der Waals surface area (Å²) in [6.07, 6.45) is -6.72. The second-order valence-corrected chi connectivity index (χ2v) is 6.31. The van der Waals surface area contributed by atoms with Gasteiger partial charge in [0.25, 0.3) is 0 Å². The number of aliphatic hydroxyl groups is 4. The molecular weight excluding hydrogens is 380 g/mol. The number of allylic oxidation sites excluding steroid dienone is 1. The van der Waals surface area contributed by atoms with Gasteiger partial charge in [0.2, 0.25) is 6.29 Å². The maximum atomic E-state index is 11.9. The zero-order chi connectivity index (χ0) is 21.0. The second-order valence-electron chi connectivity index (χ2n) is 6.31. The van der Waals surface area contributed by atoms with Crippen molar-refractivity contribution in [2.45, 2.75) is 50.3 Å². The van der Waals surface area contributed by atoms with Crippen molar-refractivity contribution < 1.29 is 54.1 Å². The standard InChI is InChI=1S/C17H24O11/c1-3-7-8(4-11(19)20)9(15(24)25-2)6-26-16(7)28-17-14(23)13(22)12(21)10(5-18)27-17/h3,6,8,10,12-14,16-18,21-23H,4-5H2,1-2H3,(H,19,20)/b7-3+/t8-,10-,12-,13+,14-,16+,17+/m1/s1. The predicted octanol–water partition coefficient (Wildman–Crippen LogP) is -1.75. The molecule has 11 heteroatoms. The number of hydrogen-bond acceptors (Lipinski definition) is 10. The van der Waals surface area contributed by atoms with Crippen LogP contribution >= 0.6 is 0 Å². The van der Waals surface area contributed by atoms with Gasteiger partial charge in [0.15, 0.2) is 6.29 Å². The lowest BCUT2D eigenvalue weighted by molar-refractivity contribution is -0.327. The number of carboxylic acids is 1. The highest BCUT2D eigenvalue weighted by Gasteiger charge is 2.46. The highest BCUT2D eigenvalue weighted by Crippen LogP contribution is 2.35. The summed E-state index contributed by atoms with van der Waals surface area (Å²) >= 11 is 0. The van der Waals surface area contributed by atoms with E-state index in [9.17, 15) is 35.1 Å². The van der Waals surface area contributed by atoms with Gasteiger partial charge in [-0.2, -0.15) is 0 Å². The Hall–Kier alpha value is -2.02. The maximum absolute atomic E-state index is 11.9. The molecular formula is C17H24O11. The first kappa shape index (κ1) is 22.3. The molecule has 28 heavy (non-hydrogen) atoms. The molecule has 158 valence electrons. The number of ether oxygens (including phenoxy) is 4. The first-order valence-electron chi connectivity index (χ1n) is 8.52. The highest BCUT2D eigenvalue weighted by molar-refractivity contribution is 5.90. The van der Waals surface area contributed by atoms with Gasteiger partial charge in [-0.15, -0.1) is 0 Å². The normalized spacial score (nSPS) is 37.1. The van der Waals surface area contributed by atoms with Crippen LogP contribution in [0.1, 0.15) is 13.3 Å². The van der Waals surface area contributed by atoms with Crippen LogP contribution in [0.2, 0.25) is 0 Å². The number of carbonyl (C=O) groups excluding carboxylic acids is 1. The van der Waals surface area contributed by atoms with E-state index in [-0.39, 0.29) is 11.1 Å². The molecule has 0 unspecified atom stereocenters. The van der Waals surface area contributed by atoms with E-state index in [0.29, 0.717) is 0 Å². The summed E-state index contributed by atoms with van der Waals surface area (Å²) < 4.78 is 20.8. The Morgan fingerprint density at radius 1 is 1.21 bits per heavy atom. The molecule has 0 bridgehead atoms. The molecule has 0 aromatic heterocycles. The number of carbonyl (C=O) groups is 2. The molecule has 5 N–H and O–H groups in total. The molecule has 0 saturated carbocycles. The van der Waals surface area contributed by atoms with Gasteiger partial charge in [-0.05, 0) is 6.92 Å². The summed E-state index contributed by atoms with van der Waals surface area (Å²) in [5.41, 5.74) is 0.244. The van der Waals surface area contributed by atoms with E-state index in [1.165, 1.54) is 6.08 Å². The summed E-state index contributed by atoms with van der Waals surface area (Å²) in [4.78, 5) is 23.2. The summed E-state index contributed by atoms with van der Waals surface area (Å²) in [7, 11) is 1.15. The lowest BCUT2D eigenvalue weighted by Crippen LogP contribution is -2.60. The number of esters is 1. The molecule has 2 aliphatic heterocycles. The summed E-state index contributed by atoms with van der Waals surface area (Å²) in [6, 6.07) is 0. The van der Waals surface area contributed by atoms with Crippen LogP contribution in [0.3, 0.4) is 0 Å². The molecule has 0 aliphatic carbocycles. The third kappa shape index (κ3) is 4.51. The molecule has 0 aromatic rings. The Labute approximate surface area is 160 Å². The van der Waals surface area contributed by atoms with Gasteiger partial charge in [-0.1, -0.05) is 6.08 Å². The lowest BCUT2D eigenvalue weighted by Gasteiger charge is -2.41. The van der Waals surface area contributed by atoms with Crippen LogP contribution in [-0.2, 0) is 28.5 Å². The Kier molecular flexibility index (Phi) is 7.52. The van der Waals surface area contributed by atoms with Crippen molar-refractivity contribution in [3.8, 4) is 0 Å². The molecule has 1 saturated heterocycles. The Morgan fingerprint density at radius 3 is 2.43 bits per heavy atom. The predicted molar refractivity (Wildman–Crippen MR) is 89.3 cm³/mol. The van der Waals surface area contributed by atoms with Gasteiger partial charge in [-0.3, -0.25) is 4.79 Å². The number of methoxy groups -OCH3 is 1. The van der Waals surface area contributed by atoms with E-state index < -0.39 is 67.9 Å². The lowest BCUT2D eigenvalue weighted by atomic mass is 9.86. The van der Waals surface area contributed by atoms with E-state index >= 15 is 0 Å². The smallest absolute Gasteiger partial charge is 0.337 e. The summed E-state index contributed by atoms with van der Waals surface area (Å²) in [5.74, 6) is -2.86. The fraction of sp³-hybridized carbons (Fsp3) is 0.647. The van der Waals surface area contributed by atoms with Crippen molar-refractivity contribution >= 4 is 11.9 Å². The molecule has 7 atom stereocenters. The van der Waals surface area contributed by atoms with Crippen molar-refractivity contribution in [3.05, 3.63) is 23.5 Å². The van der Waals surface area contributed by atoms with Gasteiger partial charge < -0.3 is 44.5 Å². The van der Waals surface area contributed by atoms with Crippen molar-refractivity contribution in [1.82, 2.24) is 0 Å². The first-order chi connectivity index (χ1) is 13.2. The van der Waals surface area contributed by atoms with Crippen LogP contribution in [0.5, 0.6) is 0 Å². The highest BCUT2D eigenvalue weighted by atomic mass is 16.8. The van der Waals surface area contributed by atoms with E-state index in [0.717, 1.165) is 13.4 Å². The third-order valence-corrected chi connectivity index (χ3v) is 4.61. The minimum atomic E-state index is -1.66. The molecule has 0 radical (unpaired) electrons. The average Bonchev–Trinajstić information content (AvgIpc) is 2.67. The Bertz CT molecular complexity index is 641. The number of rotatable bonds is 6. The molecule has 2 rings (SSSR count). The van der Waals surface area contributed by atoms with Crippen molar-refractivity contribution in [2.75, 3.05) is 13.7 Å². The summed E-state index contributed by atoms with van der Waals surface area (Å²) in [5, 5.41) is 48.2. The van der Waals surface area contributed by atoms with Crippen molar-refractivity contribution in [2.24, 2.45) is 5.92 Å². The second kappa shape index (κ2) is 9.45. The molecule has 1 fully saturated rings. The zero-order valence-corrected chi connectivity index (χ0v) is 15.3. The van der Waals surface area contributed by atoms with Gasteiger partial charge in [0, 0.05) is 11.5 Å². The maximum Gasteiger partial charge on any atom is 0.337 e.